The van der Waals surface area contributed by atoms with Crippen molar-refractivity contribution >= 4 is 35.5 Å². The molecular weight excluding hydrogens is 615 g/mol. The Morgan fingerprint density at radius 2 is 1.49 bits per heavy atom. The Bertz CT molecular complexity index is 1380. The standard InChI is InChI=1S/C32H36ClFO11/c1-18(35)41-15-27-29(42-19(2)36)31(44-21(4)38)30(43-20(3)37)28(45-27)23-7-10-26(33)24(14-23)13-22-5-8-25(9-6-22)40-12-11-32(34)16-39-17-32/h5-10,14,27-31H,11-13,15-17H2,1-4H3/t27-,28+,29-,30+,31+/m1/s1. The lowest BCUT2D eigenvalue weighted by Crippen LogP contribution is -2.59. The Hall–Kier alpha value is -3.74. The maximum absolute atomic E-state index is 14.1. The van der Waals surface area contributed by atoms with Crippen molar-refractivity contribution in [3.63, 3.8) is 0 Å². The Morgan fingerprint density at radius 1 is 0.867 bits per heavy atom. The number of ether oxygens (including phenoxy) is 7. The van der Waals surface area contributed by atoms with Crippen molar-refractivity contribution in [1.29, 1.82) is 0 Å². The Balaban J connectivity index is 1.59. The minimum Gasteiger partial charge on any atom is -0.493 e. The van der Waals surface area contributed by atoms with Crippen LogP contribution in [-0.2, 0) is 54.0 Å². The second-order valence-electron chi connectivity index (χ2n) is 11.0. The van der Waals surface area contributed by atoms with Gasteiger partial charge in [-0.3, -0.25) is 19.2 Å². The highest BCUT2D eigenvalue weighted by atomic mass is 35.5. The fourth-order valence-corrected chi connectivity index (χ4v) is 5.33. The maximum atomic E-state index is 14.1. The van der Waals surface area contributed by atoms with Gasteiger partial charge in [-0.15, -0.1) is 0 Å². The van der Waals surface area contributed by atoms with E-state index in [0.717, 1.165) is 12.5 Å². The molecule has 0 spiro atoms. The highest BCUT2D eigenvalue weighted by Crippen LogP contribution is 2.39. The van der Waals surface area contributed by atoms with Crippen LogP contribution in [0.25, 0.3) is 0 Å². The zero-order chi connectivity index (χ0) is 32.7. The number of carbonyl (C=O) groups excluding carboxylic acids is 4. The first-order valence-corrected chi connectivity index (χ1v) is 14.8. The van der Waals surface area contributed by atoms with Crippen LogP contribution >= 0.6 is 11.6 Å². The van der Waals surface area contributed by atoms with Gasteiger partial charge in [0.15, 0.2) is 24.0 Å². The molecule has 0 radical (unpaired) electrons. The number of benzene rings is 2. The summed E-state index contributed by atoms with van der Waals surface area (Å²) in [5.74, 6) is -2.12. The molecule has 0 amide bonds. The molecule has 45 heavy (non-hydrogen) atoms. The molecule has 4 rings (SSSR count). The molecule has 11 nitrogen and oxygen atoms in total. The molecule has 2 aliphatic heterocycles. The summed E-state index contributed by atoms with van der Waals surface area (Å²) < 4.78 is 52.8. The predicted molar refractivity (Wildman–Crippen MR) is 156 cm³/mol. The quantitative estimate of drug-likeness (QED) is 0.241. The molecule has 0 bridgehead atoms. The summed E-state index contributed by atoms with van der Waals surface area (Å²) in [6.45, 7) is 4.80. The molecule has 13 heteroatoms. The summed E-state index contributed by atoms with van der Waals surface area (Å²) in [5, 5.41) is 0.459. The molecule has 244 valence electrons. The van der Waals surface area contributed by atoms with Crippen molar-refractivity contribution in [3.8, 4) is 5.75 Å². The van der Waals surface area contributed by atoms with Crippen LogP contribution in [0.1, 0.15) is 56.9 Å². The molecule has 2 aromatic rings. The van der Waals surface area contributed by atoms with Gasteiger partial charge in [0.25, 0.3) is 0 Å². The third kappa shape index (κ3) is 9.38. The van der Waals surface area contributed by atoms with E-state index >= 15 is 0 Å². The molecule has 2 aromatic carbocycles. The van der Waals surface area contributed by atoms with Crippen molar-refractivity contribution in [2.75, 3.05) is 26.4 Å². The zero-order valence-corrected chi connectivity index (χ0v) is 26.2. The number of alkyl halides is 1. The largest absolute Gasteiger partial charge is 0.493 e. The smallest absolute Gasteiger partial charge is 0.303 e. The number of rotatable bonds is 12. The van der Waals surface area contributed by atoms with Crippen LogP contribution in [0.3, 0.4) is 0 Å². The van der Waals surface area contributed by atoms with E-state index in [9.17, 15) is 23.6 Å². The first kappa shape index (κ1) is 34.1. The number of carbonyl (C=O) groups is 4. The molecule has 0 saturated carbocycles. The lowest BCUT2D eigenvalue weighted by molar-refractivity contribution is -0.254. The van der Waals surface area contributed by atoms with E-state index in [-0.39, 0.29) is 32.8 Å². The first-order valence-electron chi connectivity index (χ1n) is 14.4. The summed E-state index contributed by atoms with van der Waals surface area (Å²) >= 11 is 6.58. The average Bonchev–Trinajstić information content (AvgIpc) is 2.94. The second kappa shape index (κ2) is 15.0. The zero-order valence-electron chi connectivity index (χ0n) is 25.4. The molecule has 2 heterocycles. The summed E-state index contributed by atoms with van der Waals surface area (Å²) in [6, 6.07) is 12.4. The van der Waals surface area contributed by atoms with Gasteiger partial charge in [0.1, 0.15) is 24.6 Å². The van der Waals surface area contributed by atoms with Crippen LogP contribution in [-0.4, -0.2) is 80.4 Å². The summed E-state index contributed by atoms with van der Waals surface area (Å²) in [4.78, 5) is 48.0. The normalized spacial score (nSPS) is 23.6. The Morgan fingerprint density at radius 3 is 2.07 bits per heavy atom. The lowest BCUT2D eigenvalue weighted by atomic mass is 9.89. The van der Waals surface area contributed by atoms with E-state index < -0.39 is 60.1 Å². The molecule has 0 aliphatic carbocycles. The van der Waals surface area contributed by atoms with E-state index in [2.05, 4.69) is 0 Å². The van der Waals surface area contributed by atoms with Gasteiger partial charge in [-0.2, -0.15) is 0 Å². The second-order valence-corrected chi connectivity index (χ2v) is 11.4. The average molecular weight is 651 g/mol. The number of hydrogen-bond acceptors (Lipinski definition) is 11. The molecule has 0 N–H and O–H groups in total. The van der Waals surface area contributed by atoms with Gasteiger partial charge in [0, 0.05) is 39.1 Å². The van der Waals surface area contributed by atoms with E-state index in [1.165, 1.54) is 20.8 Å². The summed E-state index contributed by atoms with van der Waals surface area (Å²) in [7, 11) is 0. The molecule has 5 atom stereocenters. The van der Waals surface area contributed by atoms with Crippen LogP contribution in [0.5, 0.6) is 5.75 Å². The van der Waals surface area contributed by atoms with Gasteiger partial charge in [-0.25, -0.2) is 4.39 Å². The number of hydrogen-bond donors (Lipinski definition) is 0. The van der Waals surface area contributed by atoms with Gasteiger partial charge in [-0.1, -0.05) is 35.9 Å². The van der Waals surface area contributed by atoms with Gasteiger partial charge in [0.2, 0.25) is 0 Å². The van der Waals surface area contributed by atoms with Gasteiger partial charge in [-0.05, 0) is 41.3 Å². The van der Waals surface area contributed by atoms with Crippen LogP contribution in [0.4, 0.5) is 4.39 Å². The molecule has 2 aliphatic rings. The number of halogens is 2. The van der Waals surface area contributed by atoms with Crippen molar-refractivity contribution in [2.24, 2.45) is 0 Å². The lowest BCUT2D eigenvalue weighted by Gasteiger charge is -2.44. The fraction of sp³-hybridized carbons (Fsp3) is 0.500. The highest BCUT2D eigenvalue weighted by molar-refractivity contribution is 6.31. The fourth-order valence-electron chi connectivity index (χ4n) is 5.15. The topological polar surface area (TPSA) is 133 Å². The molecular formula is C32H36ClFO11. The van der Waals surface area contributed by atoms with Gasteiger partial charge >= 0.3 is 23.9 Å². The SMILES string of the molecule is CC(=O)OC[C@H]1O[C@@H](c2ccc(Cl)c(Cc3ccc(OCCC4(F)COC4)cc3)c2)[C@H](OC(C)=O)[C@@H](OC(C)=O)[C@@H]1OC(C)=O. The van der Waals surface area contributed by atoms with Crippen LogP contribution in [0, 0.1) is 0 Å². The molecule has 0 unspecified atom stereocenters. The van der Waals surface area contributed by atoms with Crippen molar-refractivity contribution < 1.29 is 56.7 Å². The van der Waals surface area contributed by atoms with Gasteiger partial charge < -0.3 is 33.2 Å². The van der Waals surface area contributed by atoms with Gasteiger partial charge in [0.05, 0.1) is 19.8 Å². The van der Waals surface area contributed by atoms with E-state index in [4.69, 9.17) is 44.8 Å². The first-order chi connectivity index (χ1) is 21.3. The van der Waals surface area contributed by atoms with E-state index in [1.54, 1.807) is 30.3 Å². The van der Waals surface area contributed by atoms with E-state index in [0.29, 0.717) is 28.3 Å². The van der Waals surface area contributed by atoms with Crippen molar-refractivity contribution in [2.45, 2.75) is 76.7 Å². The van der Waals surface area contributed by atoms with Crippen molar-refractivity contribution in [1.82, 2.24) is 0 Å². The third-order valence-corrected chi connectivity index (χ3v) is 7.62. The highest BCUT2D eigenvalue weighted by Gasteiger charge is 2.52. The van der Waals surface area contributed by atoms with E-state index in [1.807, 2.05) is 12.1 Å². The predicted octanol–water partition coefficient (Wildman–Crippen LogP) is 4.24. The maximum Gasteiger partial charge on any atom is 0.303 e. The third-order valence-electron chi connectivity index (χ3n) is 7.25. The van der Waals surface area contributed by atoms with Crippen LogP contribution < -0.4 is 4.74 Å². The van der Waals surface area contributed by atoms with Crippen molar-refractivity contribution in [3.05, 3.63) is 64.2 Å². The monoisotopic (exact) mass is 650 g/mol. The minimum absolute atomic E-state index is 0.0900. The van der Waals surface area contributed by atoms with Crippen LogP contribution in [0.2, 0.25) is 5.02 Å². The molecule has 2 saturated heterocycles. The minimum atomic E-state index is -1.32. The number of esters is 4. The Labute approximate surface area is 265 Å². The molecule has 0 aromatic heterocycles. The summed E-state index contributed by atoms with van der Waals surface area (Å²) in [5.41, 5.74) is 0.808. The molecule has 2 fully saturated rings. The Kier molecular flexibility index (Phi) is 11.4. The summed E-state index contributed by atoms with van der Waals surface area (Å²) in [6.07, 6.45) is -5.22. The van der Waals surface area contributed by atoms with Crippen LogP contribution in [0.15, 0.2) is 42.5 Å².